The van der Waals surface area contributed by atoms with Gasteiger partial charge >= 0.3 is 5.97 Å². The molecule has 2 aromatic carbocycles. The van der Waals surface area contributed by atoms with E-state index in [4.69, 9.17) is 9.84 Å². The summed E-state index contributed by atoms with van der Waals surface area (Å²) in [7, 11) is 0. The molecule has 0 aliphatic heterocycles. The number of rotatable bonds is 5. The third-order valence-corrected chi connectivity index (χ3v) is 3.20. The van der Waals surface area contributed by atoms with E-state index in [2.05, 4.69) is 0 Å². The molecule has 110 valence electrons. The maximum absolute atomic E-state index is 11.0. The highest BCUT2D eigenvalue weighted by atomic mass is 16.5. The Bertz CT molecular complexity index is 602. The lowest BCUT2D eigenvalue weighted by molar-refractivity contribution is -0.152. The van der Waals surface area contributed by atoms with Crippen LogP contribution < -0.4 is 4.74 Å². The number of aliphatic hydroxyl groups is 1. The van der Waals surface area contributed by atoms with Gasteiger partial charge in [0.15, 0.2) is 5.60 Å². The molecule has 0 spiro atoms. The summed E-state index contributed by atoms with van der Waals surface area (Å²) in [4.78, 5) is 11.0. The minimum atomic E-state index is -1.29. The molecule has 4 heteroatoms. The highest BCUT2D eigenvalue weighted by Gasteiger charge is 2.29. The van der Waals surface area contributed by atoms with Gasteiger partial charge in [0.1, 0.15) is 11.9 Å². The molecular formula is C17H18O4. The van der Waals surface area contributed by atoms with Crippen LogP contribution in [0.3, 0.4) is 0 Å². The number of benzene rings is 2. The summed E-state index contributed by atoms with van der Waals surface area (Å²) < 4.78 is 5.42. The van der Waals surface area contributed by atoms with Crippen molar-refractivity contribution < 1.29 is 19.7 Å². The summed E-state index contributed by atoms with van der Waals surface area (Å²) in [5.41, 5.74) is 0.234. The first-order valence-electron chi connectivity index (χ1n) is 6.65. The largest absolute Gasteiger partial charge is 0.478 e. The van der Waals surface area contributed by atoms with E-state index in [1.54, 1.807) is 24.3 Å². The lowest BCUT2D eigenvalue weighted by Gasteiger charge is -2.21. The van der Waals surface area contributed by atoms with Crippen LogP contribution in [-0.4, -0.2) is 21.8 Å². The van der Waals surface area contributed by atoms with Crippen LogP contribution in [0, 0.1) is 0 Å². The minimum absolute atomic E-state index is 0.450. The molecule has 2 rings (SSSR count). The molecule has 0 bridgehead atoms. The Morgan fingerprint density at radius 1 is 1.00 bits per heavy atom. The van der Waals surface area contributed by atoms with Crippen LogP contribution in [0.15, 0.2) is 54.6 Å². The first kappa shape index (κ1) is 15.1. The normalized spacial score (nSPS) is 12.7. The Kier molecular flexibility index (Phi) is 4.29. The van der Waals surface area contributed by atoms with Gasteiger partial charge in [0.05, 0.1) is 0 Å². The molecule has 0 aliphatic carbocycles. The van der Waals surface area contributed by atoms with E-state index in [1.165, 1.54) is 13.8 Å². The summed E-state index contributed by atoms with van der Waals surface area (Å²) in [6.45, 7) is 2.98. The molecule has 0 heterocycles. The maximum atomic E-state index is 11.0. The summed E-state index contributed by atoms with van der Waals surface area (Å²) in [6.07, 6.45) is -0.715. The van der Waals surface area contributed by atoms with E-state index in [0.717, 1.165) is 11.1 Å². The van der Waals surface area contributed by atoms with E-state index < -0.39 is 17.7 Å². The summed E-state index contributed by atoms with van der Waals surface area (Å²) in [6, 6.07) is 16.1. The fraction of sp³-hybridized carbons (Fsp3) is 0.235. The van der Waals surface area contributed by atoms with Crippen molar-refractivity contribution in [3.8, 4) is 5.75 Å². The van der Waals surface area contributed by atoms with Crippen molar-refractivity contribution >= 4 is 5.97 Å². The number of ether oxygens (including phenoxy) is 1. The van der Waals surface area contributed by atoms with Gasteiger partial charge in [-0.15, -0.1) is 0 Å². The summed E-state index contributed by atoms with van der Waals surface area (Å²) in [5.74, 6) is -0.581. The highest BCUT2D eigenvalue weighted by Crippen LogP contribution is 2.25. The third-order valence-electron chi connectivity index (χ3n) is 3.20. The number of carboxylic acids is 1. The molecule has 4 nitrogen and oxygen atoms in total. The van der Waals surface area contributed by atoms with Gasteiger partial charge in [0.2, 0.25) is 0 Å². The van der Waals surface area contributed by atoms with Gasteiger partial charge in [-0.1, -0.05) is 42.5 Å². The van der Waals surface area contributed by atoms with Gasteiger partial charge in [-0.2, -0.15) is 0 Å². The zero-order valence-electron chi connectivity index (χ0n) is 12.0. The lowest BCUT2D eigenvalue weighted by atomic mass is 10.0. The van der Waals surface area contributed by atoms with Crippen molar-refractivity contribution in [2.75, 3.05) is 0 Å². The van der Waals surface area contributed by atoms with Gasteiger partial charge in [0.25, 0.3) is 0 Å². The Morgan fingerprint density at radius 3 is 2.05 bits per heavy atom. The average molecular weight is 286 g/mol. The molecule has 0 fully saturated rings. The fourth-order valence-electron chi connectivity index (χ4n) is 1.88. The van der Waals surface area contributed by atoms with Crippen molar-refractivity contribution in [1.82, 2.24) is 0 Å². The molecule has 0 saturated carbocycles. The second-order valence-corrected chi connectivity index (χ2v) is 5.30. The van der Waals surface area contributed by atoms with Crippen LogP contribution in [-0.2, 0) is 4.79 Å². The third kappa shape index (κ3) is 3.61. The van der Waals surface area contributed by atoms with Gasteiger partial charge < -0.3 is 14.9 Å². The number of hydrogen-bond donors (Lipinski definition) is 2. The van der Waals surface area contributed by atoms with Gasteiger partial charge in [-0.3, -0.25) is 0 Å². The van der Waals surface area contributed by atoms with Crippen LogP contribution in [0.25, 0.3) is 0 Å². The number of carbonyl (C=O) groups is 1. The quantitative estimate of drug-likeness (QED) is 0.886. The second kappa shape index (κ2) is 5.97. The highest BCUT2D eigenvalue weighted by molar-refractivity contribution is 5.76. The first-order chi connectivity index (χ1) is 9.90. The molecule has 0 radical (unpaired) electrons. The van der Waals surface area contributed by atoms with Crippen molar-refractivity contribution in [2.45, 2.75) is 25.6 Å². The van der Waals surface area contributed by atoms with E-state index >= 15 is 0 Å². The van der Waals surface area contributed by atoms with Crippen molar-refractivity contribution in [3.05, 3.63) is 65.7 Å². The van der Waals surface area contributed by atoms with Crippen LogP contribution in [0.5, 0.6) is 5.75 Å². The number of carboxylic acid groups (broad SMARTS) is 1. The average Bonchev–Trinajstić information content (AvgIpc) is 2.48. The maximum Gasteiger partial charge on any atom is 0.347 e. The lowest BCUT2D eigenvalue weighted by Crippen LogP contribution is -2.37. The molecule has 2 aromatic rings. The second-order valence-electron chi connectivity index (χ2n) is 5.30. The predicted molar refractivity (Wildman–Crippen MR) is 79.3 cm³/mol. The number of hydrogen-bond acceptors (Lipinski definition) is 3. The molecule has 2 N–H and O–H groups in total. The van der Waals surface area contributed by atoms with E-state index in [9.17, 15) is 9.90 Å². The van der Waals surface area contributed by atoms with Crippen molar-refractivity contribution in [3.63, 3.8) is 0 Å². The van der Waals surface area contributed by atoms with Crippen molar-refractivity contribution in [2.24, 2.45) is 0 Å². The molecule has 0 amide bonds. The van der Waals surface area contributed by atoms with Gasteiger partial charge in [-0.25, -0.2) is 4.79 Å². The monoisotopic (exact) mass is 286 g/mol. The van der Waals surface area contributed by atoms with E-state index in [0.29, 0.717) is 5.75 Å². The fourth-order valence-corrected chi connectivity index (χ4v) is 1.88. The molecule has 0 aromatic heterocycles. The summed E-state index contributed by atoms with van der Waals surface area (Å²) in [5, 5.41) is 19.3. The Labute approximate surface area is 123 Å². The molecule has 0 aliphatic rings. The van der Waals surface area contributed by atoms with Gasteiger partial charge in [0, 0.05) is 0 Å². The van der Waals surface area contributed by atoms with E-state index in [1.807, 2.05) is 30.3 Å². The van der Waals surface area contributed by atoms with Crippen molar-refractivity contribution in [1.29, 1.82) is 0 Å². The zero-order chi connectivity index (χ0) is 15.5. The number of aliphatic hydroxyl groups excluding tert-OH is 1. The van der Waals surface area contributed by atoms with Crippen LogP contribution in [0.4, 0.5) is 0 Å². The molecular weight excluding hydrogens is 268 g/mol. The Hall–Kier alpha value is -2.33. The minimum Gasteiger partial charge on any atom is -0.478 e. The molecule has 0 saturated heterocycles. The van der Waals surface area contributed by atoms with Crippen LogP contribution >= 0.6 is 0 Å². The molecule has 1 atom stereocenters. The standard InChI is InChI=1S/C17H18O4/c1-17(2,16(19)20)21-14-10-8-13(9-11-14)15(18)12-6-4-3-5-7-12/h3-11,15,18H,1-2H3,(H,19,20). The predicted octanol–water partition coefficient (Wildman–Crippen LogP) is 3.01. The Balaban J connectivity index is 2.14. The zero-order valence-corrected chi connectivity index (χ0v) is 12.0. The smallest absolute Gasteiger partial charge is 0.347 e. The van der Waals surface area contributed by atoms with E-state index in [-0.39, 0.29) is 0 Å². The molecule has 1 unspecified atom stereocenters. The SMILES string of the molecule is CC(C)(Oc1ccc(C(O)c2ccccc2)cc1)C(=O)O. The topological polar surface area (TPSA) is 66.8 Å². The van der Waals surface area contributed by atoms with Gasteiger partial charge in [-0.05, 0) is 37.1 Å². The van der Waals surface area contributed by atoms with Crippen LogP contribution in [0.2, 0.25) is 0 Å². The Morgan fingerprint density at radius 2 is 1.52 bits per heavy atom. The first-order valence-corrected chi connectivity index (χ1v) is 6.65. The summed E-state index contributed by atoms with van der Waals surface area (Å²) >= 11 is 0. The van der Waals surface area contributed by atoms with Crippen LogP contribution in [0.1, 0.15) is 31.1 Å². The molecule has 21 heavy (non-hydrogen) atoms. The number of aliphatic carboxylic acids is 1.